The van der Waals surface area contributed by atoms with Crippen LogP contribution in [0.4, 0.5) is 5.82 Å². The van der Waals surface area contributed by atoms with Gasteiger partial charge in [0.05, 0.1) is 6.54 Å². The lowest BCUT2D eigenvalue weighted by Crippen LogP contribution is -2.05. The number of anilines is 1. The van der Waals surface area contributed by atoms with E-state index in [4.69, 9.17) is 20.9 Å². The summed E-state index contributed by atoms with van der Waals surface area (Å²) in [7, 11) is 1.57. The van der Waals surface area contributed by atoms with Crippen LogP contribution in [0, 0.1) is 6.92 Å². The Balaban J connectivity index is 2.04. The number of hydrogen-bond acceptors (Lipinski definition) is 7. The number of aromatic nitrogens is 4. The molecule has 0 amide bonds. The maximum atomic E-state index is 5.87. The van der Waals surface area contributed by atoms with Crippen molar-refractivity contribution in [3.63, 3.8) is 0 Å². The molecule has 0 fully saturated rings. The van der Waals surface area contributed by atoms with E-state index in [0.29, 0.717) is 41.7 Å². The normalized spacial score (nSPS) is 10.6. The quantitative estimate of drug-likeness (QED) is 0.825. The van der Waals surface area contributed by atoms with Crippen molar-refractivity contribution >= 4 is 17.4 Å². The third kappa shape index (κ3) is 3.38. The molecule has 2 heterocycles. The van der Waals surface area contributed by atoms with Crippen molar-refractivity contribution < 1.29 is 9.26 Å². The number of hydrogen-bond donors (Lipinski definition) is 1. The molecule has 18 heavy (non-hydrogen) atoms. The van der Waals surface area contributed by atoms with Crippen LogP contribution in [0.3, 0.4) is 0 Å². The van der Waals surface area contributed by atoms with Crippen molar-refractivity contribution in [1.82, 2.24) is 20.1 Å². The summed E-state index contributed by atoms with van der Waals surface area (Å²) in [5.41, 5.74) is 0. The van der Waals surface area contributed by atoms with Crippen LogP contribution in [-0.2, 0) is 17.9 Å². The summed E-state index contributed by atoms with van der Waals surface area (Å²) in [4.78, 5) is 12.3. The second-order valence-corrected chi connectivity index (χ2v) is 3.90. The summed E-state index contributed by atoms with van der Waals surface area (Å²) in [6, 6.07) is 1.62. The van der Waals surface area contributed by atoms with Gasteiger partial charge in [0.25, 0.3) is 0 Å². The van der Waals surface area contributed by atoms with E-state index in [1.165, 1.54) is 0 Å². The predicted octanol–water partition coefficient (Wildman–Crippen LogP) is 1.58. The van der Waals surface area contributed by atoms with Crippen molar-refractivity contribution in [2.75, 3.05) is 12.4 Å². The molecule has 0 aliphatic carbocycles. The van der Waals surface area contributed by atoms with Gasteiger partial charge < -0.3 is 14.6 Å². The molecule has 2 rings (SSSR count). The SMILES string of the molecule is COCc1nc(Cl)cc(NCc2nc(C)no2)n1. The Hall–Kier alpha value is -1.73. The second kappa shape index (κ2) is 5.74. The molecule has 1 N–H and O–H groups in total. The minimum Gasteiger partial charge on any atom is -0.377 e. The molecule has 0 saturated heterocycles. The highest BCUT2D eigenvalue weighted by Crippen LogP contribution is 2.12. The summed E-state index contributed by atoms with van der Waals surface area (Å²) in [5.74, 6) is 2.16. The van der Waals surface area contributed by atoms with E-state index in [2.05, 4.69) is 25.4 Å². The van der Waals surface area contributed by atoms with E-state index < -0.39 is 0 Å². The van der Waals surface area contributed by atoms with Crippen LogP contribution >= 0.6 is 11.6 Å². The zero-order valence-corrected chi connectivity index (χ0v) is 10.7. The molecule has 0 radical (unpaired) electrons. The van der Waals surface area contributed by atoms with Crippen molar-refractivity contribution in [2.24, 2.45) is 0 Å². The molecule has 7 nitrogen and oxygen atoms in total. The standard InChI is InChI=1S/C10H12ClN5O2/c1-6-13-10(18-16-6)4-12-8-3-7(11)14-9(15-8)5-17-2/h3H,4-5H2,1-2H3,(H,12,14,15). The van der Waals surface area contributed by atoms with Gasteiger partial charge in [0.1, 0.15) is 17.6 Å². The molecule has 2 aromatic heterocycles. The fourth-order valence-corrected chi connectivity index (χ4v) is 1.53. The summed E-state index contributed by atoms with van der Waals surface area (Å²) >= 11 is 5.87. The van der Waals surface area contributed by atoms with Crippen LogP contribution in [0.25, 0.3) is 0 Å². The largest absolute Gasteiger partial charge is 0.377 e. The predicted molar refractivity (Wildman–Crippen MR) is 64.1 cm³/mol. The van der Waals surface area contributed by atoms with Gasteiger partial charge in [-0.1, -0.05) is 16.8 Å². The van der Waals surface area contributed by atoms with Crippen LogP contribution in [0.5, 0.6) is 0 Å². The third-order valence-electron chi connectivity index (χ3n) is 2.00. The smallest absolute Gasteiger partial charge is 0.245 e. The maximum absolute atomic E-state index is 5.87. The molecule has 0 saturated carbocycles. The average molecular weight is 270 g/mol. The highest BCUT2D eigenvalue weighted by atomic mass is 35.5. The molecule has 0 spiro atoms. The van der Waals surface area contributed by atoms with Gasteiger partial charge in [-0.25, -0.2) is 9.97 Å². The summed E-state index contributed by atoms with van der Waals surface area (Å²) in [6.07, 6.45) is 0. The molecule has 8 heteroatoms. The first-order valence-electron chi connectivity index (χ1n) is 5.23. The Morgan fingerprint density at radius 2 is 2.22 bits per heavy atom. The van der Waals surface area contributed by atoms with Gasteiger partial charge >= 0.3 is 0 Å². The van der Waals surface area contributed by atoms with Crippen LogP contribution in [0.1, 0.15) is 17.5 Å². The van der Waals surface area contributed by atoms with Gasteiger partial charge in [0.15, 0.2) is 11.6 Å². The molecule has 0 aromatic carbocycles. The lowest BCUT2D eigenvalue weighted by molar-refractivity contribution is 0.178. The first-order chi connectivity index (χ1) is 8.67. The van der Waals surface area contributed by atoms with Crippen LogP contribution in [0.2, 0.25) is 5.15 Å². The summed E-state index contributed by atoms with van der Waals surface area (Å²) in [6.45, 7) is 2.43. The van der Waals surface area contributed by atoms with Gasteiger partial charge in [-0.15, -0.1) is 0 Å². The van der Waals surface area contributed by atoms with Gasteiger partial charge in [0.2, 0.25) is 5.89 Å². The highest BCUT2D eigenvalue weighted by molar-refractivity contribution is 6.29. The lowest BCUT2D eigenvalue weighted by atomic mass is 10.5. The van der Waals surface area contributed by atoms with Gasteiger partial charge in [0, 0.05) is 13.2 Å². The number of halogens is 1. The molecular weight excluding hydrogens is 258 g/mol. The van der Waals surface area contributed by atoms with E-state index in [9.17, 15) is 0 Å². The maximum Gasteiger partial charge on any atom is 0.245 e. The zero-order valence-electron chi connectivity index (χ0n) is 9.97. The number of ether oxygens (including phenoxy) is 1. The number of rotatable bonds is 5. The van der Waals surface area contributed by atoms with Crippen LogP contribution < -0.4 is 5.32 Å². The molecular formula is C10H12ClN5O2. The molecule has 0 aliphatic rings. The lowest BCUT2D eigenvalue weighted by Gasteiger charge is -2.05. The highest BCUT2D eigenvalue weighted by Gasteiger charge is 2.06. The Labute approximate surface area is 109 Å². The molecule has 2 aromatic rings. The van der Waals surface area contributed by atoms with Gasteiger partial charge in [-0.3, -0.25) is 0 Å². The van der Waals surface area contributed by atoms with E-state index in [-0.39, 0.29) is 0 Å². The van der Waals surface area contributed by atoms with E-state index in [0.717, 1.165) is 0 Å². The summed E-state index contributed by atoms with van der Waals surface area (Å²) < 4.78 is 9.92. The van der Waals surface area contributed by atoms with Crippen LogP contribution in [0.15, 0.2) is 10.6 Å². The van der Waals surface area contributed by atoms with Crippen molar-refractivity contribution in [3.05, 3.63) is 28.8 Å². The monoisotopic (exact) mass is 269 g/mol. The van der Waals surface area contributed by atoms with E-state index >= 15 is 0 Å². The van der Waals surface area contributed by atoms with Gasteiger partial charge in [-0.2, -0.15) is 4.98 Å². The third-order valence-corrected chi connectivity index (χ3v) is 2.20. The molecule has 0 unspecified atom stereocenters. The fourth-order valence-electron chi connectivity index (χ4n) is 1.33. The first-order valence-corrected chi connectivity index (χ1v) is 5.60. The number of nitrogens with one attached hydrogen (secondary N) is 1. The topological polar surface area (TPSA) is 86.0 Å². The van der Waals surface area contributed by atoms with Crippen LogP contribution in [-0.4, -0.2) is 27.2 Å². The van der Waals surface area contributed by atoms with Crippen molar-refractivity contribution in [2.45, 2.75) is 20.1 Å². The number of nitrogens with zero attached hydrogens (tertiary/aromatic N) is 4. The van der Waals surface area contributed by atoms with Gasteiger partial charge in [-0.05, 0) is 6.92 Å². The Kier molecular flexibility index (Phi) is 4.06. The zero-order chi connectivity index (χ0) is 13.0. The molecule has 0 bridgehead atoms. The van der Waals surface area contributed by atoms with Crippen molar-refractivity contribution in [1.29, 1.82) is 0 Å². The Bertz CT molecular complexity index is 531. The number of aryl methyl sites for hydroxylation is 1. The molecule has 0 atom stereocenters. The molecule has 0 aliphatic heterocycles. The Morgan fingerprint density at radius 3 is 2.89 bits per heavy atom. The fraction of sp³-hybridized carbons (Fsp3) is 0.400. The van der Waals surface area contributed by atoms with Crippen molar-refractivity contribution in [3.8, 4) is 0 Å². The van der Waals surface area contributed by atoms with E-state index in [1.54, 1.807) is 20.1 Å². The average Bonchev–Trinajstić information content (AvgIpc) is 2.72. The minimum absolute atomic E-state index is 0.301. The summed E-state index contributed by atoms with van der Waals surface area (Å²) in [5, 5.41) is 7.06. The van der Waals surface area contributed by atoms with E-state index in [1.807, 2.05) is 0 Å². The first kappa shape index (κ1) is 12.7. The minimum atomic E-state index is 0.301. The Morgan fingerprint density at radius 1 is 1.39 bits per heavy atom. The molecule has 96 valence electrons. The second-order valence-electron chi connectivity index (χ2n) is 3.51. The number of methoxy groups -OCH3 is 1.